The van der Waals surface area contributed by atoms with Crippen LogP contribution in [-0.4, -0.2) is 29.6 Å². The quantitative estimate of drug-likeness (QED) is 0.790. The second-order valence-electron chi connectivity index (χ2n) is 6.96. The molecular formula is C18H26FNO. The van der Waals surface area contributed by atoms with E-state index in [4.69, 9.17) is 0 Å². The van der Waals surface area contributed by atoms with Crippen LogP contribution in [0, 0.1) is 24.6 Å². The van der Waals surface area contributed by atoms with E-state index in [-0.39, 0.29) is 5.82 Å². The van der Waals surface area contributed by atoms with Crippen molar-refractivity contribution in [2.75, 3.05) is 19.6 Å². The van der Waals surface area contributed by atoms with Gasteiger partial charge in [0.15, 0.2) is 0 Å². The second-order valence-corrected chi connectivity index (χ2v) is 6.96. The van der Waals surface area contributed by atoms with Gasteiger partial charge in [0.25, 0.3) is 0 Å². The van der Waals surface area contributed by atoms with E-state index in [1.165, 1.54) is 44.8 Å². The smallest absolute Gasteiger partial charge is 0.126 e. The van der Waals surface area contributed by atoms with Crippen molar-refractivity contribution in [1.29, 1.82) is 0 Å². The van der Waals surface area contributed by atoms with Crippen LogP contribution >= 0.6 is 0 Å². The molecule has 2 nitrogen and oxygen atoms in total. The lowest BCUT2D eigenvalue weighted by molar-refractivity contribution is 0.138. The predicted molar refractivity (Wildman–Crippen MR) is 82.6 cm³/mol. The summed E-state index contributed by atoms with van der Waals surface area (Å²) in [7, 11) is 0. The molecule has 0 spiro atoms. The van der Waals surface area contributed by atoms with E-state index in [2.05, 4.69) is 4.90 Å². The van der Waals surface area contributed by atoms with E-state index in [0.717, 1.165) is 18.4 Å². The van der Waals surface area contributed by atoms with Crippen molar-refractivity contribution in [1.82, 2.24) is 4.90 Å². The molecule has 0 heterocycles. The molecule has 2 aliphatic rings. The Hall–Kier alpha value is -0.930. The zero-order valence-corrected chi connectivity index (χ0v) is 12.9. The van der Waals surface area contributed by atoms with Gasteiger partial charge in [-0.1, -0.05) is 12.1 Å². The van der Waals surface area contributed by atoms with E-state index < -0.39 is 6.10 Å². The van der Waals surface area contributed by atoms with E-state index in [1.807, 2.05) is 6.07 Å². The normalized spacial score (nSPS) is 20.0. The van der Waals surface area contributed by atoms with Gasteiger partial charge in [0.2, 0.25) is 0 Å². The third-order valence-corrected chi connectivity index (χ3v) is 4.73. The first kappa shape index (κ1) is 15.0. The Morgan fingerprint density at radius 3 is 2.33 bits per heavy atom. The monoisotopic (exact) mass is 291 g/mol. The minimum absolute atomic E-state index is 0.223. The molecule has 0 aromatic heterocycles. The Labute approximate surface area is 127 Å². The summed E-state index contributed by atoms with van der Waals surface area (Å²) >= 11 is 0. The topological polar surface area (TPSA) is 23.5 Å². The number of aryl methyl sites for hydroxylation is 1. The summed E-state index contributed by atoms with van der Waals surface area (Å²) in [5.41, 5.74) is 1.34. The maximum atomic E-state index is 13.6. The number of halogens is 1. The molecule has 2 saturated carbocycles. The molecule has 0 aliphatic heterocycles. The molecular weight excluding hydrogens is 265 g/mol. The van der Waals surface area contributed by atoms with Crippen LogP contribution in [0.5, 0.6) is 0 Å². The van der Waals surface area contributed by atoms with Crippen LogP contribution in [-0.2, 0) is 0 Å². The Bertz CT molecular complexity index is 468. The van der Waals surface area contributed by atoms with Crippen LogP contribution in [0.15, 0.2) is 18.2 Å². The molecule has 0 radical (unpaired) electrons. The van der Waals surface area contributed by atoms with Gasteiger partial charge in [0.1, 0.15) is 5.82 Å². The molecule has 116 valence electrons. The molecule has 1 atom stereocenters. The highest BCUT2D eigenvalue weighted by Crippen LogP contribution is 2.34. The van der Waals surface area contributed by atoms with Gasteiger partial charge in [-0.05, 0) is 68.1 Å². The second kappa shape index (κ2) is 6.45. The van der Waals surface area contributed by atoms with E-state index >= 15 is 0 Å². The molecule has 0 saturated heterocycles. The molecule has 1 aromatic carbocycles. The standard InChI is InChI=1S/C18H26FNO/c1-13-2-7-16(10-17(13)19)18(21)8-9-20(11-14-3-4-14)12-15-5-6-15/h2,7,10,14-15,18,21H,3-6,8-9,11-12H2,1H3. The Morgan fingerprint density at radius 2 is 1.81 bits per heavy atom. The minimum Gasteiger partial charge on any atom is -0.388 e. The van der Waals surface area contributed by atoms with Gasteiger partial charge < -0.3 is 10.0 Å². The Kier molecular flexibility index (Phi) is 4.60. The molecule has 3 heteroatoms. The number of aliphatic hydroxyl groups excluding tert-OH is 1. The van der Waals surface area contributed by atoms with Crippen LogP contribution in [0.1, 0.15) is 49.3 Å². The zero-order chi connectivity index (χ0) is 14.8. The van der Waals surface area contributed by atoms with Crippen molar-refractivity contribution in [3.63, 3.8) is 0 Å². The summed E-state index contributed by atoms with van der Waals surface area (Å²) in [6.45, 7) is 5.04. The van der Waals surface area contributed by atoms with Gasteiger partial charge in [-0.3, -0.25) is 0 Å². The van der Waals surface area contributed by atoms with Crippen LogP contribution in [0.2, 0.25) is 0 Å². The van der Waals surface area contributed by atoms with Crippen molar-refractivity contribution >= 4 is 0 Å². The third kappa shape index (κ3) is 4.52. The first-order chi connectivity index (χ1) is 10.1. The van der Waals surface area contributed by atoms with Crippen molar-refractivity contribution in [2.24, 2.45) is 11.8 Å². The fourth-order valence-corrected chi connectivity index (χ4v) is 2.88. The van der Waals surface area contributed by atoms with E-state index in [9.17, 15) is 9.50 Å². The number of nitrogens with zero attached hydrogens (tertiary/aromatic N) is 1. The van der Waals surface area contributed by atoms with Crippen LogP contribution < -0.4 is 0 Å². The summed E-state index contributed by atoms with van der Waals surface area (Å²) in [5, 5.41) is 10.3. The van der Waals surface area contributed by atoms with Crippen LogP contribution in [0.4, 0.5) is 4.39 Å². The average Bonchev–Trinajstić information content (AvgIpc) is 3.35. The maximum absolute atomic E-state index is 13.6. The number of hydrogen-bond donors (Lipinski definition) is 1. The molecule has 2 fully saturated rings. The Balaban J connectivity index is 1.51. The largest absolute Gasteiger partial charge is 0.388 e. The molecule has 3 rings (SSSR count). The summed E-state index contributed by atoms with van der Waals surface area (Å²) in [4.78, 5) is 2.52. The molecule has 2 aliphatic carbocycles. The lowest BCUT2D eigenvalue weighted by atomic mass is 10.0. The van der Waals surface area contributed by atoms with E-state index in [0.29, 0.717) is 17.5 Å². The fourth-order valence-electron chi connectivity index (χ4n) is 2.88. The first-order valence-corrected chi connectivity index (χ1v) is 8.28. The van der Waals surface area contributed by atoms with Crippen LogP contribution in [0.25, 0.3) is 0 Å². The summed E-state index contributed by atoms with van der Waals surface area (Å²) < 4.78 is 13.6. The maximum Gasteiger partial charge on any atom is 0.126 e. The van der Waals surface area contributed by atoms with Crippen molar-refractivity contribution in [3.05, 3.63) is 35.1 Å². The summed E-state index contributed by atoms with van der Waals surface area (Å²) in [6.07, 6.45) is 5.61. The van der Waals surface area contributed by atoms with Gasteiger partial charge in [0, 0.05) is 19.6 Å². The number of benzene rings is 1. The molecule has 0 amide bonds. The number of hydrogen-bond acceptors (Lipinski definition) is 2. The molecule has 21 heavy (non-hydrogen) atoms. The molecule has 1 aromatic rings. The summed E-state index contributed by atoms with van der Waals surface area (Å²) in [5.74, 6) is 1.55. The van der Waals surface area contributed by atoms with Gasteiger partial charge >= 0.3 is 0 Å². The highest BCUT2D eigenvalue weighted by atomic mass is 19.1. The fraction of sp³-hybridized carbons (Fsp3) is 0.667. The van der Waals surface area contributed by atoms with Crippen molar-refractivity contribution in [3.8, 4) is 0 Å². The zero-order valence-electron chi connectivity index (χ0n) is 12.9. The van der Waals surface area contributed by atoms with Gasteiger partial charge in [-0.2, -0.15) is 0 Å². The van der Waals surface area contributed by atoms with Crippen molar-refractivity contribution < 1.29 is 9.50 Å². The SMILES string of the molecule is Cc1ccc(C(O)CCN(CC2CC2)CC2CC2)cc1F. The molecule has 0 bridgehead atoms. The molecule has 1 unspecified atom stereocenters. The number of aliphatic hydroxyl groups is 1. The first-order valence-electron chi connectivity index (χ1n) is 8.28. The molecule has 1 N–H and O–H groups in total. The Morgan fingerprint density at radius 1 is 1.19 bits per heavy atom. The lowest BCUT2D eigenvalue weighted by Crippen LogP contribution is -2.30. The van der Waals surface area contributed by atoms with Gasteiger partial charge in [0.05, 0.1) is 6.10 Å². The van der Waals surface area contributed by atoms with E-state index in [1.54, 1.807) is 13.0 Å². The lowest BCUT2D eigenvalue weighted by Gasteiger charge is -2.23. The van der Waals surface area contributed by atoms with Gasteiger partial charge in [-0.15, -0.1) is 0 Å². The minimum atomic E-state index is -0.555. The highest BCUT2D eigenvalue weighted by Gasteiger charge is 2.29. The predicted octanol–water partition coefficient (Wildman–Crippen LogP) is 3.68. The average molecular weight is 291 g/mol. The van der Waals surface area contributed by atoms with Gasteiger partial charge in [-0.25, -0.2) is 4.39 Å². The van der Waals surface area contributed by atoms with Crippen molar-refractivity contribution in [2.45, 2.75) is 45.1 Å². The number of rotatable bonds is 8. The third-order valence-electron chi connectivity index (χ3n) is 4.73. The van der Waals surface area contributed by atoms with Crippen LogP contribution in [0.3, 0.4) is 0 Å². The summed E-state index contributed by atoms with van der Waals surface area (Å²) in [6, 6.07) is 5.07. The highest BCUT2D eigenvalue weighted by molar-refractivity contribution is 5.24.